The molecule has 0 bridgehead atoms. The summed E-state index contributed by atoms with van der Waals surface area (Å²) >= 11 is 0. The Balaban J connectivity index is 1.55. The van der Waals surface area contributed by atoms with Gasteiger partial charge in [0.1, 0.15) is 5.69 Å². The molecule has 31 heavy (non-hydrogen) atoms. The molecule has 1 aliphatic rings. The second-order valence-electron chi connectivity index (χ2n) is 8.07. The average Bonchev–Trinajstić information content (AvgIpc) is 2.75. The number of carbonyl (C=O) groups excluding carboxylic acids is 2. The Morgan fingerprint density at radius 2 is 1.84 bits per heavy atom. The van der Waals surface area contributed by atoms with Crippen molar-refractivity contribution in [1.82, 2.24) is 4.90 Å². The first-order chi connectivity index (χ1) is 14.8. The van der Waals surface area contributed by atoms with Crippen LogP contribution in [-0.2, 0) is 9.59 Å². The Morgan fingerprint density at radius 1 is 1.16 bits per heavy atom. The second kappa shape index (κ2) is 9.59. The summed E-state index contributed by atoms with van der Waals surface area (Å²) in [6, 6.07) is 12.5. The molecule has 2 aromatic rings. The van der Waals surface area contributed by atoms with E-state index < -0.39 is 0 Å². The van der Waals surface area contributed by atoms with Crippen LogP contribution in [0.4, 0.5) is 17.1 Å². The number of nitro benzene ring substituents is 1. The molecule has 1 N–H and O–H groups in total. The second-order valence-corrected chi connectivity index (χ2v) is 8.07. The summed E-state index contributed by atoms with van der Waals surface area (Å²) in [6.45, 7) is 4.99. The molecule has 1 aliphatic heterocycles. The van der Waals surface area contributed by atoms with Crippen LogP contribution in [-0.4, -0.2) is 48.3 Å². The molecule has 0 radical (unpaired) electrons. The average molecular weight is 425 g/mol. The van der Waals surface area contributed by atoms with Crippen LogP contribution in [0, 0.1) is 29.9 Å². The van der Waals surface area contributed by atoms with Gasteiger partial charge in [0.25, 0.3) is 5.69 Å². The van der Waals surface area contributed by atoms with E-state index in [1.807, 2.05) is 36.9 Å². The van der Waals surface area contributed by atoms with E-state index in [-0.39, 0.29) is 34.9 Å². The van der Waals surface area contributed by atoms with E-state index in [1.165, 1.54) is 11.0 Å². The first-order valence-electron chi connectivity index (χ1n) is 10.4. The van der Waals surface area contributed by atoms with Gasteiger partial charge in [-0.15, -0.1) is 0 Å². The molecule has 0 saturated carbocycles. The minimum absolute atomic E-state index is 0.0173. The predicted octanol–water partition coefficient (Wildman–Crippen LogP) is 3.53. The summed E-state index contributed by atoms with van der Waals surface area (Å²) in [6.07, 6.45) is 1.18. The minimum Gasteiger partial charge on any atom is -0.366 e. The molecule has 3 rings (SSSR count). The van der Waals surface area contributed by atoms with Crippen LogP contribution < -0.4 is 10.2 Å². The van der Waals surface area contributed by atoms with E-state index >= 15 is 0 Å². The fraction of sp³-hybridized carbons (Fsp3) is 0.391. The maximum Gasteiger partial charge on any atom is 0.292 e. The molecule has 0 aliphatic carbocycles. The maximum atomic E-state index is 12.8. The summed E-state index contributed by atoms with van der Waals surface area (Å²) in [5.41, 5.74) is 3.43. The Bertz CT molecular complexity index is 983. The summed E-state index contributed by atoms with van der Waals surface area (Å²) in [7, 11) is 1.64. The predicted molar refractivity (Wildman–Crippen MR) is 120 cm³/mol. The van der Waals surface area contributed by atoms with Gasteiger partial charge in [-0.1, -0.05) is 24.3 Å². The van der Waals surface area contributed by atoms with Crippen LogP contribution >= 0.6 is 0 Å². The summed E-state index contributed by atoms with van der Waals surface area (Å²) < 4.78 is 0. The highest BCUT2D eigenvalue weighted by atomic mass is 16.6. The summed E-state index contributed by atoms with van der Waals surface area (Å²) in [5.74, 6) is -0.502. The van der Waals surface area contributed by atoms with E-state index in [9.17, 15) is 19.7 Å². The Hall–Kier alpha value is -3.42. The van der Waals surface area contributed by atoms with Gasteiger partial charge in [0.15, 0.2) is 0 Å². The number of nitrogens with zero attached hydrogens (tertiary/aromatic N) is 3. The van der Waals surface area contributed by atoms with Crippen molar-refractivity contribution in [3.05, 3.63) is 63.7 Å². The molecule has 1 fully saturated rings. The highest BCUT2D eigenvalue weighted by molar-refractivity contribution is 5.95. The quantitative estimate of drug-likeness (QED) is 0.565. The maximum absolute atomic E-state index is 12.8. The van der Waals surface area contributed by atoms with Crippen molar-refractivity contribution in [2.45, 2.75) is 26.7 Å². The molecule has 0 spiro atoms. The standard InChI is InChI=1S/C23H28N4O4/c1-16-8-9-17(2)19(14-16)24-22(28)15-25(3)23(29)18-10-12-26(13-11-18)20-6-4-5-7-21(20)27(30)31/h4-9,14,18H,10-13,15H2,1-3H3,(H,24,28). The molecular formula is C23H28N4O4. The Kier molecular flexibility index (Phi) is 6.89. The Labute approximate surface area is 182 Å². The van der Waals surface area contributed by atoms with E-state index in [4.69, 9.17) is 0 Å². The lowest BCUT2D eigenvalue weighted by Crippen LogP contribution is -2.43. The topological polar surface area (TPSA) is 95.8 Å². The molecule has 0 atom stereocenters. The number of amides is 2. The van der Waals surface area contributed by atoms with Crippen molar-refractivity contribution < 1.29 is 14.5 Å². The third-order valence-corrected chi connectivity index (χ3v) is 5.69. The fourth-order valence-electron chi connectivity index (χ4n) is 3.92. The molecule has 2 aromatic carbocycles. The van der Waals surface area contributed by atoms with Crippen molar-refractivity contribution >= 4 is 28.9 Å². The number of piperidine rings is 1. The zero-order chi connectivity index (χ0) is 22.5. The molecule has 0 unspecified atom stereocenters. The number of nitrogens with one attached hydrogen (secondary N) is 1. The monoisotopic (exact) mass is 424 g/mol. The molecular weight excluding hydrogens is 396 g/mol. The third kappa shape index (κ3) is 5.39. The van der Waals surface area contributed by atoms with Crippen LogP contribution in [0.15, 0.2) is 42.5 Å². The van der Waals surface area contributed by atoms with Crippen LogP contribution in [0.1, 0.15) is 24.0 Å². The van der Waals surface area contributed by atoms with E-state index in [2.05, 4.69) is 5.32 Å². The van der Waals surface area contributed by atoms with Gasteiger partial charge in [-0.2, -0.15) is 0 Å². The molecule has 164 valence electrons. The number of carbonyl (C=O) groups is 2. The van der Waals surface area contributed by atoms with Crippen molar-refractivity contribution in [2.24, 2.45) is 5.92 Å². The molecule has 2 amide bonds. The first-order valence-corrected chi connectivity index (χ1v) is 10.4. The third-order valence-electron chi connectivity index (χ3n) is 5.69. The van der Waals surface area contributed by atoms with Gasteiger partial charge in [0, 0.05) is 37.8 Å². The van der Waals surface area contributed by atoms with Gasteiger partial charge in [-0.3, -0.25) is 19.7 Å². The van der Waals surface area contributed by atoms with Gasteiger partial charge < -0.3 is 15.1 Å². The fourth-order valence-corrected chi connectivity index (χ4v) is 3.92. The van der Waals surface area contributed by atoms with Gasteiger partial charge in [-0.25, -0.2) is 0 Å². The minimum atomic E-state index is -0.380. The summed E-state index contributed by atoms with van der Waals surface area (Å²) in [5, 5.41) is 14.2. The number of hydrogen-bond donors (Lipinski definition) is 1. The lowest BCUT2D eigenvalue weighted by molar-refractivity contribution is -0.384. The smallest absolute Gasteiger partial charge is 0.292 e. The Morgan fingerprint density at radius 3 is 2.52 bits per heavy atom. The van der Waals surface area contributed by atoms with Crippen molar-refractivity contribution in [2.75, 3.05) is 36.9 Å². The number of hydrogen-bond acceptors (Lipinski definition) is 5. The number of aryl methyl sites for hydroxylation is 2. The number of likely N-dealkylation sites (N-methyl/N-ethyl adjacent to an activating group) is 1. The van der Waals surface area contributed by atoms with Gasteiger partial charge in [0.05, 0.1) is 11.5 Å². The van der Waals surface area contributed by atoms with Crippen LogP contribution in [0.3, 0.4) is 0 Å². The normalized spacial score (nSPS) is 14.2. The van der Waals surface area contributed by atoms with Crippen LogP contribution in [0.5, 0.6) is 0 Å². The zero-order valence-electron chi connectivity index (χ0n) is 18.1. The lowest BCUT2D eigenvalue weighted by Gasteiger charge is -2.34. The first kappa shape index (κ1) is 22.3. The van der Waals surface area contributed by atoms with Crippen LogP contribution in [0.25, 0.3) is 0 Å². The van der Waals surface area contributed by atoms with Crippen molar-refractivity contribution in [3.8, 4) is 0 Å². The lowest BCUT2D eigenvalue weighted by atomic mass is 9.95. The molecule has 8 heteroatoms. The SMILES string of the molecule is Cc1ccc(C)c(NC(=O)CN(C)C(=O)C2CCN(c3ccccc3[N+](=O)[O-])CC2)c1. The van der Waals surface area contributed by atoms with Crippen molar-refractivity contribution in [3.63, 3.8) is 0 Å². The van der Waals surface area contributed by atoms with Gasteiger partial charge in [-0.05, 0) is 49.9 Å². The zero-order valence-corrected chi connectivity index (χ0v) is 18.1. The number of para-hydroxylation sites is 2. The van der Waals surface area contributed by atoms with E-state index in [0.717, 1.165) is 16.8 Å². The molecule has 1 saturated heterocycles. The van der Waals surface area contributed by atoms with Crippen LogP contribution in [0.2, 0.25) is 0 Å². The highest BCUT2D eigenvalue weighted by Crippen LogP contribution is 2.31. The molecule has 8 nitrogen and oxygen atoms in total. The summed E-state index contributed by atoms with van der Waals surface area (Å²) in [4.78, 5) is 39.6. The number of nitro groups is 1. The number of rotatable bonds is 6. The highest BCUT2D eigenvalue weighted by Gasteiger charge is 2.30. The molecule has 0 aromatic heterocycles. The van der Waals surface area contributed by atoms with Gasteiger partial charge in [0.2, 0.25) is 11.8 Å². The molecule has 1 heterocycles. The van der Waals surface area contributed by atoms with Gasteiger partial charge >= 0.3 is 0 Å². The largest absolute Gasteiger partial charge is 0.366 e. The van der Waals surface area contributed by atoms with E-state index in [1.54, 1.807) is 25.2 Å². The van der Waals surface area contributed by atoms with Crippen molar-refractivity contribution in [1.29, 1.82) is 0 Å². The number of benzene rings is 2. The van der Waals surface area contributed by atoms with E-state index in [0.29, 0.717) is 31.6 Å². The number of anilines is 2.